The molecule has 3 aromatic rings. The molecular weight excluding hydrogens is 367 g/mol. The highest BCUT2D eigenvalue weighted by atomic mass is 35.5. The minimum absolute atomic E-state index is 0.200. The number of thioether (sulfide) groups is 1. The van der Waals surface area contributed by atoms with Gasteiger partial charge in [0.05, 0.1) is 28.0 Å². The van der Waals surface area contributed by atoms with E-state index in [1.807, 2.05) is 24.3 Å². The Morgan fingerprint density at radius 2 is 2.12 bits per heavy atom. The van der Waals surface area contributed by atoms with Gasteiger partial charge < -0.3 is 4.98 Å². The Labute approximate surface area is 152 Å². The van der Waals surface area contributed by atoms with Crippen molar-refractivity contribution in [2.45, 2.75) is 5.16 Å². The highest BCUT2D eigenvalue weighted by Gasteiger charge is 2.06. The first kappa shape index (κ1) is 16.8. The normalized spacial score (nSPS) is 11.2. The van der Waals surface area contributed by atoms with Crippen LogP contribution in [0.25, 0.3) is 11.0 Å². The molecule has 0 saturated heterocycles. The Kier molecular flexibility index (Phi) is 5.40. The quantitative estimate of drug-likeness (QED) is 0.398. The molecule has 1 heterocycles. The largest absolute Gasteiger partial charge is 0.333 e. The van der Waals surface area contributed by atoms with E-state index in [-0.39, 0.29) is 11.7 Å². The van der Waals surface area contributed by atoms with Crippen molar-refractivity contribution in [1.29, 1.82) is 0 Å². The SMILES string of the molecule is O=C(CSc1nc2ccccc2[nH]1)N/N=C\c1ccc(Cl)cc1Cl. The van der Waals surface area contributed by atoms with Crippen LogP contribution in [0.5, 0.6) is 0 Å². The van der Waals surface area contributed by atoms with Gasteiger partial charge in [-0.05, 0) is 24.3 Å². The van der Waals surface area contributed by atoms with Crippen molar-refractivity contribution in [2.75, 3.05) is 5.75 Å². The first-order chi connectivity index (χ1) is 11.6. The Balaban J connectivity index is 1.53. The van der Waals surface area contributed by atoms with Gasteiger partial charge >= 0.3 is 0 Å². The number of nitrogens with zero attached hydrogens (tertiary/aromatic N) is 2. The molecule has 2 aromatic carbocycles. The van der Waals surface area contributed by atoms with Crippen LogP contribution in [0.2, 0.25) is 10.0 Å². The van der Waals surface area contributed by atoms with Crippen molar-refractivity contribution in [3.05, 3.63) is 58.1 Å². The van der Waals surface area contributed by atoms with Gasteiger partial charge in [0, 0.05) is 10.6 Å². The Bertz CT molecular complexity index is 877. The Morgan fingerprint density at radius 1 is 1.29 bits per heavy atom. The second-order valence-electron chi connectivity index (χ2n) is 4.81. The number of benzene rings is 2. The molecule has 0 bridgehead atoms. The maximum atomic E-state index is 11.8. The van der Waals surface area contributed by atoms with Crippen LogP contribution in [0.15, 0.2) is 52.7 Å². The van der Waals surface area contributed by atoms with Crippen molar-refractivity contribution < 1.29 is 4.79 Å². The van der Waals surface area contributed by atoms with Crippen LogP contribution in [0.1, 0.15) is 5.56 Å². The van der Waals surface area contributed by atoms with E-state index in [4.69, 9.17) is 23.2 Å². The van der Waals surface area contributed by atoms with E-state index in [0.29, 0.717) is 20.8 Å². The topological polar surface area (TPSA) is 70.1 Å². The second-order valence-corrected chi connectivity index (χ2v) is 6.61. The summed E-state index contributed by atoms with van der Waals surface area (Å²) in [7, 11) is 0. The predicted octanol–water partition coefficient (Wildman–Crippen LogP) is 4.11. The Hall–Kier alpha value is -2.02. The number of hydrogen-bond acceptors (Lipinski definition) is 4. The van der Waals surface area contributed by atoms with Gasteiger partial charge in [-0.3, -0.25) is 4.79 Å². The summed E-state index contributed by atoms with van der Waals surface area (Å²) in [5, 5.41) is 5.60. The van der Waals surface area contributed by atoms with Crippen LogP contribution >= 0.6 is 35.0 Å². The molecule has 5 nitrogen and oxygen atoms in total. The maximum absolute atomic E-state index is 11.8. The summed E-state index contributed by atoms with van der Waals surface area (Å²) < 4.78 is 0. The van der Waals surface area contributed by atoms with Crippen LogP contribution in [0.3, 0.4) is 0 Å². The molecule has 1 aromatic heterocycles. The fraction of sp³-hybridized carbons (Fsp3) is 0.0625. The maximum Gasteiger partial charge on any atom is 0.250 e. The van der Waals surface area contributed by atoms with Crippen LogP contribution in [-0.4, -0.2) is 27.8 Å². The van der Waals surface area contributed by atoms with Crippen molar-refractivity contribution in [2.24, 2.45) is 5.10 Å². The number of rotatable bonds is 5. The zero-order chi connectivity index (χ0) is 16.9. The molecule has 1 amide bonds. The molecule has 0 fully saturated rings. The summed E-state index contributed by atoms with van der Waals surface area (Å²) in [4.78, 5) is 19.4. The molecule has 3 rings (SSSR count). The molecular formula is C16H12Cl2N4OS. The van der Waals surface area contributed by atoms with Crippen LogP contribution in [0.4, 0.5) is 0 Å². The van der Waals surface area contributed by atoms with Crippen molar-refractivity contribution in [3.8, 4) is 0 Å². The lowest BCUT2D eigenvalue weighted by Gasteiger charge is -2.00. The number of carbonyl (C=O) groups excluding carboxylic acids is 1. The van der Waals surface area contributed by atoms with Gasteiger partial charge in [-0.15, -0.1) is 0 Å². The monoisotopic (exact) mass is 378 g/mol. The third-order valence-electron chi connectivity index (χ3n) is 3.06. The lowest BCUT2D eigenvalue weighted by atomic mass is 10.2. The van der Waals surface area contributed by atoms with Crippen molar-refractivity contribution in [1.82, 2.24) is 15.4 Å². The first-order valence-corrected chi connectivity index (χ1v) is 8.70. The van der Waals surface area contributed by atoms with Crippen LogP contribution in [-0.2, 0) is 4.79 Å². The molecule has 0 atom stereocenters. The summed E-state index contributed by atoms with van der Waals surface area (Å²) >= 11 is 13.1. The number of nitrogens with one attached hydrogen (secondary N) is 2. The third-order valence-corrected chi connectivity index (χ3v) is 4.50. The molecule has 8 heteroatoms. The molecule has 0 saturated carbocycles. The number of imidazole rings is 1. The number of carbonyl (C=O) groups is 1. The van der Waals surface area contributed by atoms with E-state index in [0.717, 1.165) is 11.0 Å². The number of hydrogen-bond donors (Lipinski definition) is 2. The average molecular weight is 379 g/mol. The molecule has 0 aliphatic rings. The standard InChI is InChI=1S/C16H12Cl2N4OS/c17-11-6-5-10(12(18)7-11)8-19-22-15(23)9-24-16-20-13-3-1-2-4-14(13)21-16/h1-8H,9H2,(H,20,21)(H,22,23)/b19-8-. The molecule has 0 radical (unpaired) electrons. The molecule has 0 aliphatic carbocycles. The van der Waals surface area contributed by atoms with E-state index in [2.05, 4.69) is 20.5 Å². The number of halogens is 2. The van der Waals surface area contributed by atoms with E-state index in [1.54, 1.807) is 18.2 Å². The molecule has 0 unspecified atom stereocenters. The zero-order valence-electron chi connectivity index (χ0n) is 12.3. The van der Waals surface area contributed by atoms with Gasteiger partial charge in [0.2, 0.25) is 0 Å². The molecule has 2 N–H and O–H groups in total. The van der Waals surface area contributed by atoms with Gasteiger partial charge in [-0.2, -0.15) is 5.10 Å². The summed E-state index contributed by atoms with van der Waals surface area (Å²) in [5.74, 6) is -0.0345. The number of para-hydroxylation sites is 2. The fourth-order valence-corrected chi connectivity index (χ4v) is 3.08. The highest BCUT2D eigenvalue weighted by molar-refractivity contribution is 7.99. The van der Waals surface area contributed by atoms with Gasteiger partial charge in [-0.1, -0.05) is 53.2 Å². The van der Waals surface area contributed by atoms with E-state index in [1.165, 1.54) is 18.0 Å². The van der Waals surface area contributed by atoms with Crippen molar-refractivity contribution in [3.63, 3.8) is 0 Å². The van der Waals surface area contributed by atoms with E-state index in [9.17, 15) is 4.79 Å². The number of aromatic nitrogens is 2. The molecule has 0 aliphatic heterocycles. The van der Waals surface area contributed by atoms with Crippen LogP contribution in [0, 0.1) is 0 Å². The fourth-order valence-electron chi connectivity index (χ4n) is 1.94. The summed E-state index contributed by atoms with van der Waals surface area (Å²) in [5.41, 5.74) is 4.94. The summed E-state index contributed by atoms with van der Waals surface area (Å²) in [6.45, 7) is 0. The van der Waals surface area contributed by atoms with Crippen LogP contribution < -0.4 is 5.43 Å². The second kappa shape index (κ2) is 7.70. The number of fused-ring (bicyclic) bond motifs is 1. The molecule has 0 spiro atoms. The van der Waals surface area contributed by atoms with Gasteiger partial charge in [0.15, 0.2) is 5.16 Å². The number of hydrazone groups is 1. The number of H-pyrrole nitrogens is 1. The minimum atomic E-state index is -0.234. The van der Waals surface area contributed by atoms with Gasteiger partial charge in [0.1, 0.15) is 0 Å². The number of amides is 1. The van der Waals surface area contributed by atoms with Gasteiger partial charge in [0.25, 0.3) is 5.91 Å². The summed E-state index contributed by atoms with van der Waals surface area (Å²) in [6, 6.07) is 12.7. The highest BCUT2D eigenvalue weighted by Crippen LogP contribution is 2.20. The smallest absolute Gasteiger partial charge is 0.250 e. The van der Waals surface area contributed by atoms with Crippen molar-refractivity contribution >= 4 is 58.1 Å². The van der Waals surface area contributed by atoms with Gasteiger partial charge in [-0.25, -0.2) is 10.4 Å². The molecule has 24 heavy (non-hydrogen) atoms. The predicted molar refractivity (Wildman–Crippen MR) is 99.0 cm³/mol. The average Bonchev–Trinajstić information content (AvgIpc) is 2.98. The molecule has 122 valence electrons. The number of aromatic amines is 1. The lowest BCUT2D eigenvalue weighted by Crippen LogP contribution is -2.19. The summed E-state index contributed by atoms with van der Waals surface area (Å²) in [6.07, 6.45) is 1.47. The van der Waals surface area contributed by atoms with E-state index < -0.39 is 0 Å². The first-order valence-electron chi connectivity index (χ1n) is 6.96. The lowest BCUT2D eigenvalue weighted by molar-refractivity contribution is -0.118. The van der Waals surface area contributed by atoms with E-state index >= 15 is 0 Å². The zero-order valence-corrected chi connectivity index (χ0v) is 14.6. The minimum Gasteiger partial charge on any atom is -0.333 e. The third kappa shape index (κ3) is 4.29. The Morgan fingerprint density at radius 3 is 2.92 bits per heavy atom.